The second kappa shape index (κ2) is 4.85. The lowest BCUT2D eigenvalue weighted by atomic mass is 10.1. The molecule has 0 spiro atoms. The third-order valence-corrected chi connectivity index (χ3v) is 2.99. The normalized spacial score (nSPS) is 10.8. The number of hydrogen-bond donors (Lipinski definition) is 0. The molecular weight excluding hydrogens is 262 g/mol. The van der Waals surface area contributed by atoms with Gasteiger partial charge in [0.05, 0.1) is 5.56 Å². The third-order valence-electron chi connectivity index (χ3n) is 2.99. The van der Waals surface area contributed by atoms with Crippen LogP contribution in [0.1, 0.15) is 5.56 Å². The smallest absolute Gasteiger partial charge is 0.228 e. The number of nitrogens with zero attached hydrogens (tertiary/aromatic N) is 2. The van der Waals surface area contributed by atoms with Crippen molar-refractivity contribution in [2.45, 2.75) is 6.92 Å². The first-order chi connectivity index (χ1) is 9.65. The van der Waals surface area contributed by atoms with Gasteiger partial charge in [0.15, 0.2) is 11.6 Å². The Hall–Kier alpha value is -2.56. The van der Waals surface area contributed by atoms with Gasteiger partial charge in [-0.1, -0.05) is 0 Å². The van der Waals surface area contributed by atoms with Gasteiger partial charge in [-0.2, -0.15) is 0 Å². The van der Waals surface area contributed by atoms with Crippen molar-refractivity contribution in [1.82, 2.24) is 9.97 Å². The molecule has 0 fully saturated rings. The summed E-state index contributed by atoms with van der Waals surface area (Å²) in [6, 6.07) is 5.45. The second-order valence-corrected chi connectivity index (χ2v) is 4.36. The first-order valence-corrected chi connectivity index (χ1v) is 5.97. The van der Waals surface area contributed by atoms with Crippen LogP contribution in [0.2, 0.25) is 0 Å². The summed E-state index contributed by atoms with van der Waals surface area (Å²) in [7, 11) is 0. The van der Waals surface area contributed by atoms with Gasteiger partial charge in [0.2, 0.25) is 5.89 Å². The fraction of sp³-hybridized carbons (Fsp3) is 0.0667. The Balaban J connectivity index is 2.02. The van der Waals surface area contributed by atoms with Crippen LogP contribution < -0.4 is 0 Å². The van der Waals surface area contributed by atoms with E-state index in [1.165, 1.54) is 12.3 Å². The summed E-state index contributed by atoms with van der Waals surface area (Å²) in [5, 5.41) is 0. The van der Waals surface area contributed by atoms with Crippen LogP contribution in [-0.2, 0) is 0 Å². The highest BCUT2D eigenvalue weighted by Gasteiger charge is 2.12. The van der Waals surface area contributed by atoms with Crippen LogP contribution in [0, 0.1) is 18.6 Å². The van der Waals surface area contributed by atoms with E-state index in [0.717, 1.165) is 23.3 Å². The highest BCUT2D eigenvalue weighted by Crippen LogP contribution is 2.26. The molecule has 20 heavy (non-hydrogen) atoms. The molecule has 0 saturated heterocycles. The molecule has 0 unspecified atom stereocenters. The highest BCUT2D eigenvalue weighted by molar-refractivity contribution is 5.64. The molecule has 100 valence electrons. The Kier molecular flexibility index (Phi) is 3.02. The monoisotopic (exact) mass is 272 g/mol. The van der Waals surface area contributed by atoms with E-state index in [0.29, 0.717) is 17.1 Å². The number of pyridine rings is 1. The molecule has 0 N–H and O–H groups in total. The zero-order valence-corrected chi connectivity index (χ0v) is 10.6. The van der Waals surface area contributed by atoms with Crippen molar-refractivity contribution in [2.75, 3.05) is 0 Å². The van der Waals surface area contributed by atoms with Gasteiger partial charge in [0, 0.05) is 18.0 Å². The lowest BCUT2D eigenvalue weighted by molar-refractivity contribution is 0.509. The molecular formula is C15H10F2N2O. The number of benzene rings is 1. The SMILES string of the molecule is Cc1ccncc1-c1nc(-c2ccc(F)c(F)c2)co1. The number of aryl methyl sites for hydroxylation is 1. The number of oxazole rings is 1. The molecule has 3 nitrogen and oxygen atoms in total. The summed E-state index contributed by atoms with van der Waals surface area (Å²) in [6.07, 6.45) is 4.74. The van der Waals surface area contributed by atoms with E-state index in [2.05, 4.69) is 9.97 Å². The largest absolute Gasteiger partial charge is 0.444 e. The average Bonchev–Trinajstić information content (AvgIpc) is 2.92. The van der Waals surface area contributed by atoms with E-state index in [4.69, 9.17) is 4.42 Å². The summed E-state index contributed by atoms with van der Waals surface area (Å²) < 4.78 is 31.5. The van der Waals surface area contributed by atoms with Gasteiger partial charge in [0.25, 0.3) is 0 Å². The third kappa shape index (κ3) is 2.18. The van der Waals surface area contributed by atoms with Crippen molar-refractivity contribution >= 4 is 0 Å². The lowest BCUT2D eigenvalue weighted by Gasteiger charge is -1.99. The molecule has 0 radical (unpaired) electrons. The van der Waals surface area contributed by atoms with Crippen molar-refractivity contribution in [3.05, 3.63) is 60.1 Å². The molecule has 0 aliphatic rings. The molecule has 3 rings (SSSR count). The minimum atomic E-state index is -0.912. The van der Waals surface area contributed by atoms with Crippen LogP contribution in [0.25, 0.3) is 22.7 Å². The van der Waals surface area contributed by atoms with E-state index in [-0.39, 0.29) is 0 Å². The maximum Gasteiger partial charge on any atom is 0.228 e. The van der Waals surface area contributed by atoms with Crippen molar-refractivity contribution in [3.8, 4) is 22.7 Å². The van der Waals surface area contributed by atoms with E-state index in [1.54, 1.807) is 12.4 Å². The molecule has 2 aromatic heterocycles. The Bertz CT molecular complexity index is 768. The van der Waals surface area contributed by atoms with Crippen molar-refractivity contribution in [2.24, 2.45) is 0 Å². The fourth-order valence-electron chi connectivity index (χ4n) is 1.87. The summed E-state index contributed by atoms with van der Waals surface area (Å²) in [5.74, 6) is -1.40. The predicted molar refractivity (Wildman–Crippen MR) is 69.8 cm³/mol. The van der Waals surface area contributed by atoms with E-state index < -0.39 is 11.6 Å². The summed E-state index contributed by atoms with van der Waals surface area (Å²) in [6.45, 7) is 1.92. The molecule has 5 heteroatoms. The summed E-state index contributed by atoms with van der Waals surface area (Å²) >= 11 is 0. The fourth-order valence-corrected chi connectivity index (χ4v) is 1.87. The predicted octanol–water partition coefficient (Wildman–Crippen LogP) is 3.99. The standard InChI is InChI=1S/C15H10F2N2O/c1-9-4-5-18-7-11(9)15-19-14(8-20-15)10-2-3-12(16)13(17)6-10/h2-8H,1H3. The average molecular weight is 272 g/mol. The topological polar surface area (TPSA) is 38.9 Å². The molecule has 0 bridgehead atoms. The van der Waals surface area contributed by atoms with Crippen LogP contribution in [0.15, 0.2) is 47.3 Å². The van der Waals surface area contributed by atoms with Gasteiger partial charge >= 0.3 is 0 Å². The Morgan fingerprint density at radius 2 is 1.95 bits per heavy atom. The number of aromatic nitrogens is 2. The zero-order valence-electron chi connectivity index (χ0n) is 10.6. The maximum atomic E-state index is 13.2. The van der Waals surface area contributed by atoms with E-state index >= 15 is 0 Å². The molecule has 0 aliphatic carbocycles. The van der Waals surface area contributed by atoms with Crippen LogP contribution in [0.5, 0.6) is 0 Å². The van der Waals surface area contributed by atoms with Gasteiger partial charge < -0.3 is 4.42 Å². The van der Waals surface area contributed by atoms with Gasteiger partial charge in [0.1, 0.15) is 12.0 Å². The van der Waals surface area contributed by atoms with Gasteiger partial charge in [-0.15, -0.1) is 0 Å². The van der Waals surface area contributed by atoms with Crippen LogP contribution >= 0.6 is 0 Å². The van der Waals surface area contributed by atoms with Crippen LogP contribution in [0.3, 0.4) is 0 Å². The number of rotatable bonds is 2. The van der Waals surface area contributed by atoms with E-state index in [9.17, 15) is 8.78 Å². The molecule has 1 aromatic carbocycles. The minimum absolute atomic E-state index is 0.398. The van der Waals surface area contributed by atoms with Crippen molar-refractivity contribution in [3.63, 3.8) is 0 Å². The van der Waals surface area contributed by atoms with Gasteiger partial charge in [-0.25, -0.2) is 13.8 Å². The maximum absolute atomic E-state index is 13.2. The highest BCUT2D eigenvalue weighted by atomic mass is 19.2. The minimum Gasteiger partial charge on any atom is -0.444 e. The first kappa shape index (κ1) is 12.5. The Morgan fingerprint density at radius 3 is 2.70 bits per heavy atom. The van der Waals surface area contributed by atoms with Crippen LogP contribution in [0.4, 0.5) is 8.78 Å². The van der Waals surface area contributed by atoms with Gasteiger partial charge in [-0.3, -0.25) is 4.98 Å². The molecule has 0 amide bonds. The molecule has 3 aromatic rings. The molecule has 0 atom stereocenters. The molecule has 0 saturated carbocycles. The second-order valence-electron chi connectivity index (χ2n) is 4.36. The summed E-state index contributed by atoms with van der Waals surface area (Å²) in [5.41, 5.74) is 2.64. The van der Waals surface area contributed by atoms with Crippen LogP contribution in [-0.4, -0.2) is 9.97 Å². The molecule has 2 heterocycles. The lowest BCUT2D eigenvalue weighted by Crippen LogP contribution is -1.87. The van der Waals surface area contributed by atoms with Gasteiger partial charge in [-0.05, 0) is 36.8 Å². The zero-order chi connectivity index (χ0) is 14.1. The summed E-state index contributed by atoms with van der Waals surface area (Å²) in [4.78, 5) is 8.31. The quantitative estimate of drug-likeness (QED) is 0.708. The first-order valence-electron chi connectivity index (χ1n) is 5.97. The Morgan fingerprint density at radius 1 is 1.10 bits per heavy atom. The van der Waals surface area contributed by atoms with E-state index in [1.807, 2.05) is 13.0 Å². The molecule has 0 aliphatic heterocycles. The van der Waals surface area contributed by atoms with Crippen molar-refractivity contribution in [1.29, 1.82) is 0 Å². The number of hydrogen-bond acceptors (Lipinski definition) is 3. The number of halogens is 2. The van der Waals surface area contributed by atoms with Crippen molar-refractivity contribution < 1.29 is 13.2 Å². The Labute approximate surface area is 113 Å².